The highest BCUT2D eigenvalue weighted by Crippen LogP contribution is 2.28. The van der Waals surface area contributed by atoms with Crippen LogP contribution in [0, 0.1) is 0 Å². The lowest BCUT2D eigenvalue weighted by Crippen LogP contribution is -2.44. The molecule has 3 aromatic rings. The molecule has 0 fully saturated rings. The SMILES string of the molecule is CCOc1ccccc1CCC[Si](C)(C)O[Si](C)(C)CCCc1ccccc1OC(=O)c1cccc(C(C)=O)c1. The Morgan fingerprint density at radius 1 is 0.700 bits per heavy atom. The van der Waals surface area contributed by atoms with Gasteiger partial charge >= 0.3 is 5.97 Å². The fraction of sp³-hybridized carbons (Fsp3) is 0.394. The Morgan fingerprint density at radius 3 is 1.80 bits per heavy atom. The van der Waals surface area contributed by atoms with E-state index in [0.717, 1.165) is 49.1 Å². The fourth-order valence-electron chi connectivity index (χ4n) is 5.10. The second kappa shape index (κ2) is 14.6. The number of ketones is 1. The maximum absolute atomic E-state index is 12.8. The van der Waals surface area contributed by atoms with Crippen LogP contribution in [-0.4, -0.2) is 35.0 Å². The summed E-state index contributed by atoms with van der Waals surface area (Å²) in [6, 6.07) is 24.9. The summed E-state index contributed by atoms with van der Waals surface area (Å²) in [6.07, 6.45) is 3.89. The summed E-state index contributed by atoms with van der Waals surface area (Å²) >= 11 is 0. The van der Waals surface area contributed by atoms with Crippen molar-refractivity contribution in [3.05, 3.63) is 95.1 Å². The summed E-state index contributed by atoms with van der Waals surface area (Å²) in [5, 5.41) is 0. The second-order valence-corrected chi connectivity index (χ2v) is 20.4. The van der Waals surface area contributed by atoms with E-state index in [1.54, 1.807) is 24.3 Å². The molecule has 0 aliphatic heterocycles. The molecular weight excluding hydrogens is 533 g/mol. The van der Waals surface area contributed by atoms with Gasteiger partial charge in [0.15, 0.2) is 22.4 Å². The first-order valence-corrected chi connectivity index (χ1v) is 20.5. The van der Waals surface area contributed by atoms with Crippen LogP contribution in [0.15, 0.2) is 72.8 Å². The van der Waals surface area contributed by atoms with Crippen molar-refractivity contribution in [3.63, 3.8) is 0 Å². The molecule has 0 bridgehead atoms. The van der Waals surface area contributed by atoms with Gasteiger partial charge in [-0.05, 0) is 113 Å². The zero-order valence-corrected chi connectivity index (χ0v) is 26.9. The van der Waals surface area contributed by atoms with Gasteiger partial charge in [-0.25, -0.2) is 4.79 Å². The quantitative estimate of drug-likeness (QED) is 0.0785. The summed E-state index contributed by atoms with van der Waals surface area (Å²) in [7, 11) is -3.68. The fourth-order valence-corrected chi connectivity index (χ4v) is 14.0. The molecule has 3 aromatic carbocycles. The largest absolute Gasteiger partial charge is 0.494 e. The maximum Gasteiger partial charge on any atom is 0.343 e. The number of benzene rings is 3. The summed E-state index contributed by atoms with van der Waals surface area (Å²) in [4.78, 5) is 24.5. The van der Waals surface area contributed by atoms with E-state index in [1.807, 2.05) is 37.3 Å². The van der Waals surface area contributed by atoms with Crippen LogP contribution in [-0.2, 0) is 17.0 Å². The van der Waals surface area contributed by atoms with Crippen LogP contribution in [0.1, 0.15) is 58.5 Å². The van der Waals surface area contributed by atoms with Crippen molar-refractivity contribution < 1.29 is 23.2 Å². The topological polar surface area (TPSA) is 61.8 Å². The van der Waals surface area contributed by atoms with E-state index in [1.165, 1.54) is 12.5 Å². The van der Waals surface area contributed by atoms with Gasteiger partial charge in [-0.1, -0.05) is 48.5 Å². The van der Waals surface area contributed by atoms with E-state index in [-0.39, 0.29) is 5.78 Å². The van der Waals surface area contributed by atoms with Crippen molar-refractivity contribution in [1.29, 1.82) is 0 Å². The third-order valence-electron chi connectivity index (χ3n) is 6.96. The van der Waals surface area contributed by atoms with E-state index in [0.29, 0.717) is 23.5 Å². The molecule has 0 saturated carbocycles. The minimum absolute atomic E-state index is 0.0813. The van der Waals surface area contributed by atoms with Crippen molar-refractivity contribution in [2.75, 3.05) is 6.61 Å². The summed E-state index contributed by atoms with van der Waals surface area (Å²) < 4.78 is 18.5. The third kappa shape index (κ3) is 9.87. The van der Waals surface area contributed by atoms with Crippen LogP contribution in [0.2, 0.25) is 38.3 Å². The molecule has 0 heterocycles. The molecule has 0 unspecified atom stereocenters. The predicted molar refractivity (Wildman–Crippen MR) is 168 cm³/mol. The van der Waals surface area contributed by atoms with Crippen LogP contribution >= 0.6 is 0 Å². The number of aryl methyl sites for hydroxylation is 2. The first-order chi connectivity index (χ1) is 19.0. The van der Waals surface area contributed by atoms with Gasteiger partial charge in [0, 0.05) is 5.56 Å². The molecule has 0 amide bonds. The highest BCUT2D eigenvalue weighted by atomic mass is 28.4. The molecular formula is C33H44O5Si2. The lowest BCUT2D eigenvalue weighted by Gasteiger charge is -2.34. The number of hydrogen-bond acceptors (Lipinski definition) is 5. The maximum atomic E-state index is 12.8. The molecule has 0 N–H and O–H groups in total. The van der Waals surface area contributed by atoms with E-state index in [4.69, 9.17) is 13.6 Å². The Kier molecular flexibility index (Phi) is 11.5. The molecule has 0 radical (unpaired) electrons. The Labute approximate surface area is 242 Å². The van der Waals surface area contributed by atoms with Crippen LogP contribution in [0.25, 0.3) is 0 Å². The molecule has 7 heteroatoms. The van der Waals surface area contributed by atoms with Crippen molar-refractivity contribution in [2.45, 2.75) is 77.8 Å². The summed E-state index contributed by atoms with van der Waals surface area (Å²) in [5.41, 5.74) is 3.15. The van der Waals surface area contributed by atoms with Crippen LogP contribution in [0.3, 0.4) is 0 Å². The molecule has 0 atom stereocenters. The van der Waals surface area contributed by atoms with Crippen LogP contribution in [0.5, 0.6) is 11.5 Å². The first kappa shape index (κ1) is 31.5. The van der Waals surface area contributed by atoms with Gasteiger partial charge in [0.25, 0.3) is 0 Å². The summed E-state index contributed by atoms with van der Waals surface area (Å²) in [5.74, 6) is 1.03. The van der Waals surface area contributed by atoms with Gasteiger partial charge in [0.2, 0.25) is 0 Å². The molecule has 5 nitrogen and oxygen atoms in total. The Bertz CT molecular complexity index is 1290. The van der Waals surface area contributed by atoms with Crippen molar-refractivity contribution in [1.82, 2.24) is 0 Å². The van der Waals surface area contributed by atoms with Crippen LogP contribution in [0.4, 0.5) is 0 Å². The zero-order valence-electron chi connectivity index (χ0n) is 24.9. The average Bonchev–Trinajstić information content (AvgIpc) is 2.90. The number of Topliss-reactive ketones (excluding diaryl/α,β-unsaturated/α-hetero) is 1. The minimum atomic E-state index is -1.87. The van der Waals surface area contributed by atoms with Crippen molar-refractivity contribution in [3.8, 4) is 11.5 Å². The lowest BCUT2D eigenvalue weighted by atomic mass is 10.1. The molecule has 0 aliphatic carbocycles. The van der Waals surface area contributed by atoms with Gasteiger partial charge in [0.05, 0.1) is 12.2 Å². The van der Waals surface area contributed by atoms with Gasteiger partial charge in [-0.15, -0.1) is 0 Å². The monoisotopic (exact) mass is 576 g/mol. The number of esters is 1. The van der Waals surface area contributed by atoms with E-state index in [2.05, 4.69) is 44.4 Å². The lowest BCUT2D eigenvalue weighted by molar-refractivity contribution is 0.0733. The number of rotatable bonds is 15. The van der Waals surface area contributed by atoms with Crippen LogP contribution < -0.4 is 9.47 Å². The van der Waals surface area contributed by atoms with Gasteiger partial charge in [-0.2, -0.15) is 0 Å². The van der Waals surface area contributed by atoms with Gasteiger partial charge < -0.3 is 13.6 Å². The van der Waals surface area contributed by atoms with Gasteiger partial charge in [-0.3, -0.25) is 4.79 Å². The summed E-state index contributed by atoms with van der Waals surface area (Å²) in [6.45, 7) is 13.5. The molecule has 0 aliphatic rings. The average molecular weight is 577 g/mol. The molecule has 214 valence electrons. The Hall–Kier alpha value is -3.01. The van der Waals surface area contributed by atoms with E-state index < -0.39 is 22.6 Å². The number of hydrogen-bond donors (Lipinski definition) is 0. The number of para-hydroxylation sites is 2. The number of ether oxygens (including phenoxy) is 2. The Balaban J connectivity index is 1.52. The third-order valence-corrected chi connectivity index (χ3v) is 14.5. The predicted octanol–water partition coefficient (Wildman–Crippen LogP) is 8.50. The van der Waals surface area contributed by atoms with Gasteiger partial charge in [0.1, 0.15) is 11.5 Å². The minimum Gasteiger partial charge on any atom is -0.494 e. The molecule has 0 aromatic heterocycles. The standard InChI is InChI=1S/C33H44O5Si2/c1-7-36-31-21-10-8-15-27(31)19-13-23-39(3,4)38-40(5,6)24-14-20-28-16-9-11-22-32(28)37-33(35)30-18-12-17-29(25-30)26(2)34/h8-12,15-18,21-22,25H,7,13-14,19-20,23-24H2,1-6H3. The highest BCUT2D eigenvalue weighted by Gasteiger charge is 2.32. The number of carbonyl (C=O) groups excluding carboxylic acids is 2. The van der Waals surface area contributed by atoms with Crippen molar-refractivity contribution in [2.24, 2.45) is 0 Å². The molecule has 40 heavy (non-hydrogen) atoms. The normalized spacial score (nSPS) is 11.8. The highest BCUT2D eigenvalue weighted by molar-refractivity contribution is 6.84. The zero-order chi connectivity index (χ0) is 29.2. The Morgan fingerprint density at radius 2 is 1.23 bits per heavy atom. The number of carbonyl (C=O) groups is 2. The first-order valence-electron chi connectivity index (χ1n) is 14.3. The second-order valence-electron chi connectivity index (χ2n) is 11.5. The molecule has 3 rings (SSSR count). The van der Waals surface area contributed by atoms with Crippen molar-refractivity contribution >= 4 is 28.4 Å². The molecule has 0 spiro atoms. The van der Waals surface area contributed by atoms with E-state index >= 15 is 0 Å². The van der Waals surface area contributed by atoms with E-state index in [9.17, 15) is 9.59 Å². The smallest absolute Gasteiger partial charge is 0.343 e. The molecule has 0 saturated heterocycles.